The average Bonchev–Trinajstić information content (AvgIpc) is 3.16. The van der Waals surface area contributed by atoms with Crippen LogP contribution in [0.25, 0.3) is 0 Å². The Labute approximate surface area is 122 Å². The van der Waals surface area contributed by atoms with Gasteiger partial charge in [-0.1, -0.05) is 77.4 Å². The molecule has 0 aliphatic heterocycles. The molecule has 2 N–H and O–H groups in total. The van der Waals surface area contributed by atoms with Gasteiger partial charge in [0, 0.05) is 12.2 Å². The van der Waals surface area contributed by atoms with Crippen LogP contribution in [0.1, 0.15) is 64.2 Å². The largest absolute Gasteiger partial charge is 0.478 e. The summed E-state index contributed by atoms with van der Waals surface area (Å²) in [5, 5.41) is 15.2. The maximum atomic E-state index is 9.25. The van der Waals surface area contributed by atoms with Crippen molar-refractivity contribution < 1.29 is 19.8 Å². The van der Waals surface area contributed by atoms with Gasteiger partial charge in [-0.3, -0.25) is 0 Å². The van der Waals surface area contributed by atoms with Crippen LogP contribution in [-0.4, -0.2) is 22.2 Å². The van der Waals surface area contributed by atoms with Crippen molar-refractivity contribution in [3.8, 4) is 0 Å². The van der Waals surface area contributed by atoms with Gasteiger partial charge in [0.25, 0.3) is 0 Å². The van der Waals surface area contributed by atoms with Gasteiger partial charge in [-0.05, 0) is 0 Å². The summed E-state index contributed by atoms with van der Waals surface area (Å²) < 4.78 is 0. The van der Waals surface area contributed by atoms with Crippen LogP contribution in [0.5, 0.6) is 0 Å². The van der Waals surface area contributed by atoms with E-state index in [0.29, 0.717) is 0 Å². The highest BCUT2D eigenvalue weighted by molar-refractivity contribution is 5.79. The highest BCUT2D eigenvalue weighted by atomic mass is 16.4. The van der Waals surface area contributed by atoms with Gasteiger partial charge < -0.3 is 10.2 Å². The number of carboxylic acid groups (broad SMARTS) is 2. The van der Waals surface area contributed by atoms with Crippen molar-refractivity contribution in [3.05, 3.63) is 25.3 Å². The SMILES string of the molecule is C1CCCC1.C1CCCC1.C=CC(=O)O.C=CC(=O)O. The molecule has 0 atom stereocenters. The quantitative estimate of drug-likeness (QED) is 0.736. The summed E-state index contributed by atoms with van der Waals surface area (Å²) in [6.07, 6.45) is 16.7. The lowest BCUT2D eigenvalue weighted by molar-refractivity contribution is -0.132. The molecule has 2 aliphatic carbocycles. The Hall–Kier alpha value is -1.58. The molecule has 0 saturated heterocycles. The van der Waals surface area contributed by atoms with Crippen LogP contribution in [0.3, 0.4) is 0 Å². The second kappa shape index (κ2) is 17.4. The topological polar surface area (TPSA) is 74.6 Å². The Bertz CT molecular complexity index is 220. The van der Waals surface area contributed by atoms with Gasteiger partial charge in [-0.2, -0.15) is 0 Å². The van der Waals surface area contributed by atoms with E-state index in [-0.39, 0.29) is 0 Å². The fraction of sp³-hybridized carbons (Fsp3) is 0.625. The molecule has 0 heterocycles. The molecule has 0 bridgehead atoms. The van der Waals surface area contributed by atoms with E-state index >= 15 is 0 Å². The summed E-state index contributed by atoms with van der Waals surface area (Å²) >= 11 is 0. The molecule has 2 aliphatic rings. The van der Waals surface area contributed by atoms with Crippen LogP contribution in [0.4, 0.5) is 0 Å². The molecule has 0 amide bonds. The molecule has 20 heavy (non-hydrogen) atoms. The highest BCUT2D eigenvalue weighted by Gasteiger charge is 1.95. The van der Waals surface area contributed by atoms with Crippen LogP contribution >= 0.6 is 0 Å². The lowest BCUT2D eigenvalue weighted by atomic mass is 10.4. The molecule has 0 aromatic rings. The van der Waals surface area contributed by atoms with E-state index in [1.165, 1.54) is 64.2 Å². The predicted molar refractivity (Wildman–Crippen MR) is 81.8 cm³/mol. The van der Waals surface area contributed by atoms with Crippen LogP contribution < -0.4 is 0 Å². The van der Waals surface area contributed by atoms with Gasteiger partial charge in [0.1, 0.15) is 0 Å². The number of hydrogen-bond acceptors (Lipinski definition) is 2. The molecule has 0 aromatic carbocycles. The zero-order valence-corrected chi connectivity index (χ0v) is 12.4. The van der Waals surface area contributed by atoms with E-state index in [2.05, 4.69) is 13.2 Å². The van der Waals surface area contributed by atoms with Crippen molar-refractivity contribution in [1.82, 2.24) is 0 Å². The summed E-state index contributed by atoms with van der Waals surface area (Å²) in [5.41, 5.74) is 0. The highest BCUT2D eigenvalue weighted by Crippen LogP contribution is 2.15. The third kappa shape index (κ3) is 25.3. The summed E-state index contributed by atoms with van der Waals surface area (Å²) in [6, 6.07) is 0. The minimum atomic E-state index is -0.981. The summed E-state index contributed by atoms with van der Waals surface area (Å²) in [6.45, 7) is 5.92. The first kappa shape index (κ1) is 20.7. The monoisotopic (exact) mass is 284 g/mol. The minimum Gasteiger partial charge on any atom is -0.478 e. The molecule has 2 fully saturated rings. The van der Waals surface area contributed by atoms with Crippen molar-refractivity contribution in [2.75, 3.05) is 0 Å². The third-order valence-corrected chi connectivity index (χ3v) is 2.85. The lowest BCUT2D eigenvalue weighted by Crippen LogP contribution is -1.82. The number of aliphatic carboxylic acids is 2. The average molecular weight is 284 g/mol. The van der Waals surface area contributed by atoms with Gasteiger partial charge in [0.15, 0.2) is 0 Å². The van der Waals surface area contributed by atoms with Gasteiger partial charge >= 0.3 is 11.9 Å². The Morgan fingerprint density at radius 2 is 0.700 bits per heavy atom. The van der Waals surface area contributed by atoms with Gasteiger partial charge in [-0.25, -0.2) is 9.59 Å². The van der Waals surface area contributed by atoms with E-state index in [0.717, 1.165) is 12.2 Å². The van der Waals surface area contributed by atoms with Gasteiger partial charge in [-0.15, -0.1) is 0 Å². The summed E-state index contributed by atoms with van der Waals surface area (Å²) in [5.74, 6) is -1.96. The molecular formula is C16H28O4. The molecule has 0 aromatic heterocycles. The van der Waals surface area contributed by atoms with E-state index in [9.17, 15) is 9.59 Å². The Kier molecular flexibility index (Phi) is 18.1. The number of carboxylic acids is 2. The molecule has 2 rings (SSSR count). The van der Waals surface area contributed by atoms with Gasteiger partial charge in [0.05, 0.1) is 0 Å². The lowest BCUT2D eigenvalue weighted by Gasteiger charge is -1.67. The van der Waals surface area contributed by atoms with Crippen molar-refractivity contribution in [2.45, 2.75) is 64.2 Å². The third-order valence-electron chi connectivity index (χ3n) is 2.85. The molecule has 2 saturated carbocycles. The fourth-order valence-electron chi connectivity index (χ4n) is 1.77. The molecule has 0 radical (unpaired) electrons. The second-order valence-corrected chi connectivity index (χ2v) is 4.62. The smallest absolute Gasteiger partial charge is 0.327 e. The summed E-state index contributed by atoms with van der Waals surface area (Å²) in [4.78, 5) is 18.5. The first-order valence-electron chi connectivity index (χ1n) is 7.25. The van der Waals surface area contributed by atoms with E-state index in [1.54, 1.807) is 0 Å². The van der Waals surface area contributed by atoms with Crippen molar-refractivity contribution in [2.24, 2.45) is 0 Å². The number of rotatable bonds is 2. The molecule has 116 valence electrons. The van der Waals surface area contributed by atoms with Crippen LogP contribution in [0.2, 0.25) is 0 Å². The Morgan fingerprint density at radius 3 is 0.750 bits per heavy atom. The first-order chi connectivity index (χ1) is 9.54. The molecule has 4 nitrogen and oxygen atoms in total. The van der Waals surface area contributed by atoms with Crippen molar-refractivity contribution in [3.63, 3.8) is 0 Å². The zero-order chi connectivity index (χ0) is 15.6. The Morgan fingerprint density at radius 1 is 0.600 bits per heavy atom. The molecule has 4 heteroatoms. The maximum absolute atomic E-state index is 9.25. The van der Waals surface area contributed by atoms with E-state index < -0.39 is 11.9 Å². The van der Waals surface area contributed by atoms with Crippen LogP contribution in [0.15, 0.2) is 25.3 Å². The van der Waals surface area contributed by atoms with E-state index in [1.807, 2.05) is 0 Å². The standard InChI is InChI=1S/2C5H10.2C3H4O2/c2*1-2-4-5-3-1;2*1-2-3(4)5/h2*1-5H2;2*2H,1H2,(H,4,5). The maximum Gasteiger partial charge on any atom is 0.327 e. The zero-order valence-electron chi connectivity index (χ0n) is 12.4. The van der Waals surface area contributed by atoms with Crippen LogP contribution in [-0.2, 0) is 9.59 Å². The van der Waals surface area contributed by atoms with Gasteiger partial charge in [0.2, 0.25) is 0 Å². The minimum absolute atomic E-state index is 0.833. The summed E-state index contributed by atoms with van der Waals surface area (Å²) in [7, 11) is 0. The molecular weight excluding hydrogens is 256 g/mol. The Balaban J connectivity index is 0. The predicted octanol–water partition coefficient (Wildman–Crippen LogP) is 4.42. The molecule has 0 unspecified atom stereocenters. The number of carbonyl (C=O) groups is 2. The fourth-order valence-corrected chi connectivity index (χ4v) is 1.77. The van der Waals surface area contributed by atoms with Crippen molar-refractivity contribution >= 4 is 11.9 Å². The van der Waals surface area contributed by atoms with Crippen molar-refractivity contribution in [1.29, 1.82) is 0 Å². The normalized spacial score (nSPS) is 15.2. The van der Waals surface area contributed by atoms with E-state index in [4.69, 9.17) is 10.2 Å². The first-order valence-corrected chi connectivity index (χ1v) is 7.25. The number of hydrogen-bond donors (Lipinski definition) is 2. The molecule has 0 spiro atoms. The van der Waals surface area contributed by atoms with Crippen LogP contribution in [0, 0.1) is 0 Å². The second-order valence-electron chi connectivity index (χ2n) is 4.62.